The van der Waals surface area contributed by atoms with Gasteiger partial charge in [-0.2, -0.15) is 0 Å². The summed E-state index contributed by atoms with van der Waals surface area (Å²) in [5, 5.41) is 5.01. The highest BCUT2D eigenvalue weighted by Crippen LogP contribution is 2.26. The molecule has 0 aliphatic carbocycles. The lowest BCUT2D eigenvalue weighted by atomic mass is 10.0. The number of hydrogen-bond acceptors (Lipinski definition) is 4. The van der Waals surface area contributed by atoms with Gasteiger partial charge in [-0.3, -0.25) is 0 Å². The molecule has 0 saturated heterocycles. The number of nitrogens with zero attached hydrogens (tertiary/aromatic N) is 2. The molecular formula is C19H15N3O2. The summed E-state index contributed by atoms with van der Waals surface area (Å²) >= 11 is 0. The van der Waals surface area contributed by atoms with Crippen LogP contribution in [0.25, 0.3) is 17.0 Å². The molecule has 0 amide bonds. The maximum absolute atomic E-state index is 12.1. The van der Waals surface area contributed by atoms with Crippen LogP contribution in [-0.2, 0) is 16.7 Å². The molecular weight excluding hydrogens is 302 g/mol. The van der Waals surface area contributed by atoms with Crippen molar-refractivity contribution in [3.8, 4) is 0 Å². The van der Waals surface area contributed by atoms with Crippen LogP contribution in [0.5, 0.6) is 0 Å². The average molecular weight is 317 g/mol. The summed E-state index contributed by atoms with van der Waals surface area (Å²) in [4.78, 5) is 17.0. The molecule has 5 nitrogen and oxygen atoms in total. The molecule has 24 heavy (non-hydrogen) atoms. The fourth-order valence-corrected chi connectivity index (χ4v) is 2.90. The maximum Gasteiger partial charge on any atom is 0.368 e. The number of anilines is 1. The van der Waals surface area contributed by atoms with Gasteiger partial charge in [0, 0.05) is 41.0 Å². The topological polar surface area (TPSA) is 69.6 Å². The smallest absolute Gasteiger partial charge is 0.368 e. The Morgan fingerprint density at radius 3 is 2.67 bits per heavy atom. The van der Waals surface area contributed by atoms with E-state index in [-0.39, 0.29) is 0 Å². The van der Waals surface area contributed by atoms with Gasteiger partial charge in [0.2, 0.25) is 0 Å². The zero-order valence-corrected chi connectivity index (χ0v) is 13.1. The minimum atomic E-state index is -0.449. The molecule has 2 N–H and O–H groups in total. The number of aromatic nitrogens is 1. The quantitative estimate of drug-likeness (QED) is 0.448. The van der Waals surface area contributed by atoms with Crippen molar-refractivity contribution in [2.75, 3.05) is 5.73 Å². The van der Waals surface area contributed by atoms with Gasteiger partial charge < -0.3 is 15.1 Å². The predicted molar refractivity (Wildman–Crippen MR) is 94.4 cm³/mol. The standard InChI is InChI=1S/C19H15N3O2/c1-22-11-13(15-4-2-3-5-17(15)22)10-16-18(21-24-19(16)23)12-6-8-14(20)9-7-12/h2-11H,20H2,1H3/b16-10-. The minimum absolute atomic E-state index is 0.441. The highest BCUT2D eigenvalue weighted by atomic mass is 16.7. The summed E-state index contributed by atoms with van der Waals surface area (Å²) in [6.45, 7) is 0. The molecule has 1 aromatic heterocycles. The van der Waals surface area contributed by atoms with Crippen LogP contribution in [-0.4, -0.2) is 16.2 Å². The van der Waals surface area contributed by atoms with E-state index in [0.29, 0.717) is 17.0 Å². The third kappa shape index (κ3) is 2.27. The van der Waals surface area contributed by atoms with Crippen molar-refractivity contribution in [1.29, 1.82) is 0 Å². The molecule has 4 rings (SSSR count). The van der Waals surface area contributed by atoms with Crippen LogP contribution in [0.3, 0.4) is 0 Å². The lowest BCUT2D eigenvalue weighted by molar-refractivity contribution is -0.136. The monoisotopic (exact) mass is 317 g/mol. The van der Waals surface area contributed by atoms with Gasteiger partial charge in [-0.1, -0.05) is 35.5 Å². The average Bonchev–Trinajstić information content (AvgIpc) is 3.11. The molecule has 5 heteroatoms. The van der Waals surface area contributed by atoms with Crippen molar-refractivity contribution < 1.29 is 9.63 Å². The third-order valence-corrected chi connectivity index (χ3v) is 4.11. The van der Waals surface area contributed by atoms with Crippen LogP contribution in [0.15, 0.2) is 65.5 Å². The van der Waals surface area contributed by atoms with Gasteiger partial charge in [0.05, 0.1) is 5.57 Å². The van der Waals surface area contributed by atoms with Crippen molar-refractivity contribution in [3.63, 3.8) is 0 Å². The van der Waals surface area contributed by atoms with E-state index < -0.39 is 5.97 Å². The number of hydrogen-bond donors (Lipinski definition) is 1. The Bertz CT molecular complexity index is 1010. The van der Waals surface area contributed by atoms with E-state index >= 15 is 0 Å². The van der Waals surface area contributed by atoms with Crippen molar-refractivity contribution in [3.05, 3.63) is 71.4 Å². The summed E-state index contributed by atoms with van der Waals surface area (Å²) in [5.74, 6) is -0.449. The first-order chi connectivity index (χ1) is 11.6. The second kappa shape index (κ2) is 5.38. The highest BCUT2D eigenvalue weighted by Gasteiger charge is 2.27. The minimum Gasteiger partial charge on any atom is -0.399 e. The molecule has 0 radical (unpaired) electrons. The van der Waals surface area contributed by atoms with Crippen molar-refractivity contribution in [1.82, 2.24) is 4.57 Å². The zero-order chi connectivity index (χ0) is 16.7. The number of fused-ring (bicyclic) bond motifs is 1. The van der Waals surface area contributed by atoms with E-state index in [1.165, 1.54) is 0 Å². The molecule has 0 spiro atoms. The third-order valence-electron chi connectivity index (χ3n) is 4.11. The summed E-state index contributed by atoms with van der Waals surface area (Å²) < 4.78 is 2.03. The maximum atomic E-state index is 12.1. The summed E-state index contributed by atoms with van der Waals surface area (Å²) in [7, 11) is 1.98. The van der Waals surface area contributed by atoms with Gasteiger partial charge in [0.1, 0.15) is 5.71 Å². The first-order valence-electron chi connectivity index (χ1n) is 7.55. The van der Waals surface area contributed by atoms with E-state index in [9.17, 15) is 4.79 Å². The fourth-order valence-electron chi connectivity index (χ4n) is 2.90. The predicted octanol–water partition coefficient (Wildman–Crippen LogP) is 3.11. The second-order valence-corrected chi connectivity index (χ2v) is 5.71. The molecule has 118 valence electrons. The van der Waals surface area contributed by atoms with E-state index in [1.807, 2.05) is 60.3 Å². The number of aryl methyl sites for hydroxylation is 1. The van der Waals surface area contributed by atoms with Crippen molar-refractivity contribution in [2.24, 2.45) is 12.2 Å². The van der Waals surface area contributed by atoms with Crippen LogP contribution in [0.4, 0.5) is 5.69 Å². The van der Waals surface area contributed by atoms with Crippen LogP contribution in [0, 0.1) is 0 Å². The highest BCUT2D eigenvalue weighted by molar-refractivity contribution is 6.31. The number of oxime groups is 1. The first-order valence-corrected chi connectivity index (χ1v) is 7.55. The Labute approximate surface area is 138 Å². The van der Waals surface area contributed by atoms with E-state index in [2.05, 4.69) is 5.16 Å². The van der Waals surface area contributed by atoms with Crippen molar-refractivity contribution >= 4 is 34.3 Å². The Kier molecular flexibility index (Phi) is 3.20. The summed E-state index contributed by atoms with van der Waals surface area (Å²) in [5.41, 5.74) is 10.2. The molecule has 0 atom stereocenters. The van der Waals surface area contributed by atoms with Crippen LogP contribution < -0.4 is 5.73 Å². The molecule has 1 aliphatic rings. The Morgan fingerprint density at radius 1 is 1.12 bits per heavy atom. The van der Waals surface area contributed by atoms with Crippen molar-refractivity contribution in [2.45, 2.75) is 0 Å². The normalized spacial score (nSPS) is 15.8. The van der Waals surface area contributed by atoms with Crippen LogP contribution >= 0.6 is 0 Å². The number of para-hydroxylation sites is 1. The van der Waals surface area contributed by atoms with Gasteiger partial charge in [-0.15, -0.1) is 0 Å². The van der Waals surface area contributed by atoms with E-state index in [1.54, 1.807) is 12.1 Å². The second-order valence-electron chi connectivity index (χ2n) is 5.71. The number of carbonyl (C=O) groups is 1. The van der Waals surface area contributed by atoms with Crippen LogP contribution in [0.2, 0.25) is 0 Å². The van der Waals surface area contributed by atoms with Crippen LogP contribution in [0.1, 0.15) is 11.1 Å². The molecule has 0 fully saturated rings. The SMILES string of the molecule is Cn1cc(/C=C2\C(=O)ON=C2c2ccc(N)cc2)c2ccccc21. The number of rotatable bonds is 2. The first kappa shape index (κ1) is 14.3. The van der Waals surface area contributed by atoms with E-state index in [4.69, 9.17) is 10.6 Å². The largest absolute Gasteiger partial charge is 0.399 e. The molecule has 0 unspecified atom stereocenters. The van der Waals surface area contributed by atoms with E-state index in [0.717, 1.165) is 22.0 Å². The Morgan fingerprint density at radius 2 is 1.88 bits per heavy atom. The number of nitrogens with two attached hydrogens (primary N) is 1. The summed E-state index contributed by atoms with van der Waals surface area (Å²) in [6, 6.07) is 15.2. The Hall–Kier alpha value is -3.34. The molecule has 2 aromatic carbocycles. The van der Waals surface area contributed by atoms with Gasteiger partial charge in [-0.05, 0) is 24.3 Å². The summed E-state index contributed by atoms with van der Waals surface area (Å²) in [6.07, 6.45) is 3.82. The fraction of sp³-hybridized carbons (Fsp3) is 0.0526. The Balaban J connectivity index is 1.83. The molecule has 0 saturated carbocycles. The molecule has 3 aromatic rings. The van der Waals surface area contributed by atoms with Gasteiger partial charge in [0.25, 0.3) is 0 Å². The number of benzene rings is 2. The zero-order valence-electron chi connectivity index (χ0n) is 13.1. The van der Waals surface area contributed by atoms with Gasteiger partial charge in [-0.25, -0.2) is 4.79 Å². The molecule has 1 aliphatic heterocycles. The molecule has 2 heterocycles. The number of carbonyl (C=O) groups excluding carboxylic acids is 1. The van der Waals surface area contributed by atoms with Gasteiger partial charge in [0.15, 0.2) is 0 Å². The lowest BCUT2D eigenvalue weighted by Crippen LogP contribution is -2.06. The number of nitrogen functional groups attached to an aromatic ring is 1. The lowest BCUT2D eigenvalue weighted by Gasteiger charge is -2.01. The molecule has 0 bridgehead atoms. The van der Waals surface area contributed by atoms with Gasteiger partial charge >= 0.3 is 5.97 Å².